The highest BCUT2D eigenvalue weighted by molar-refractivity contribution is 7.13. The number of rotatable bonds is 3. The highest BCUT2D eigenvalue weighted by Gasteiger charge is 2.12. The summed E-state index contributed by atoms with van der Waals surface area (Å²) in [5, 5.41) is 2.02. The fourth-order valence-electron chi connectivity index (χ4n) is 2.22. The number of carbonyl (C=O) groups excluding carboxylic acids is 1. The van der Waals surface area contributed by atoms with E-state index in [1.165, 1.54) is 0 Å². The quantitative estimate of drug-likeness (QED) is 0.486. The van der Waals surface area contributed by atoms with E-state index in [-0.39, 0.29) is 0 Å². The van der Waals surface area contributed by atoms with Crippen molar-refractivity contribution in [3.05, 3.63) is 66.0 Å². The first kappa shape index (κ1) is 12.5. The monoisotopic (exact) mass is 277 g/mol. The summed E-state index contributed by atoms with van der Waals surface area (Å²) in [4.78, 5) is 15.6. The van der Waals surface area contributed by atoms with E-state index < -0.39 is 0 Å². The van der Waals surface area contributed by atoms with Crippen molar-refractivity contribution in [2.24, 2.45) is 4.99 Å². The van der Waals surface area contributed by atoms with E-state index in [0.29, 0.717) is 5.69 Å². The number of benzene rings is 2. The SMILES string of the molecule is O=C=Nc1cccc(-c2ccccc2)c1-c1cccs1. The molecule has 0 aliphatic carbocycles. The third-order valence-electron chi connectivity index (χ3n) is 3.06. The molecule has 0 aliphatic heterocycles. The molecule has 96 valence electrons. The topological polar surface area (TPSA) is 29.4 Å². The van der Waals surface area contributed by atoms with Crippen LogP contribution >= 0.6 is 11.3 Å². The Bertz CT molecular complexity index is 757. The predicted octanol–water partition coefficient (Wildman–Crippen LogP) is 5.05. The first-order valence-electron chi connectivity index (χ1n) is 6.20. The van der Waals surface area contributed by atoms with Gasteiger partial charge in [-0.15, -0.1) is 11.3 Å². The lowest BCUT2D eigenvalue weighted by Gasteiger charge is -2.10. The van der Waals surface area contributed by atoms with Crippen LogP contribution in [0.2, 0.25) is 0 Å². The van der Waals surface area contributed by atoms with Crippen LogP contribution in [-0.4, -0.2) is 6.08 Å². The van der Waals surface area contributed by atoms with Crippen molar-refractivity contribution in [3.63, 3.8) is 0 Å². The molecule has 3 rings (SSSR count). The predicted molar refractivity (Wildman–Crippen MR) is 83.0 cm³/mol. The number of isocyanates is 1. The van der Waals surface area contributed by atoms with Crippen molar-refractivity contribution in [1.29, 1.82) is 0 Å². The Morgan fingerprint density at radius 2 is 1.75 bits per heavy atom. The Balaban J connectivity index is 2.30. The second kappa shape index (κ2) is 5.66. The lowest BCUT2D eigenvalue weighted by Crippen LogP contribution is -1.84. The minimum absolute atomic E-state index is 0.656. The molecular weight excluding hydrogens is 266 g/mol. The van der Waals surface area contributed by atoms with Gasteiger partial charge in [0.1, 0.15) is 0 Å². The molecule has 0 spiro atoms. The number of hydrogen-bond acceptors (Lipinski definition) is 3. The van der Waals surface area contributed by atoms with Crippen molar-refractivity contribution in [2.45, 2.75) is 0 Å². The number of hydrogen-bond donors (Lipinski definition) is 0. The van der Waals surface area contributed by atoms with Gasteiger partial charge >= 0.3 is 0 Å². The molecule has 1 heterocycles. The summed E-state index contributed by atoms with van der Waals surface area (Å²) in [6.45, 7) is 0. The standard InChI is InChI=1S/C17H11NOS/c19-12-18-15-9-4-8-14(13-6-2-1-3-7-13)17(15)16-10-5-11-20-16/h1-11H. The van der Waals surface area contributed by atoms with Crippen LogP contribution in [0.1, 0.15) is 0 Å². The highest BCUT2D eigenvalue weighted by Crippen LogP contribution is 2.40. The van der Waals surface area contributed by atoms with Crippen LogP contribution in [-0.2, 0) is 4.79 Å². The van der Waals surface area contributed by atoms with Crippen molar-refractivity contribution in [2.75, 3.05) is 0 Å². The van der Waals surface area contributed by atoms with Crippen molar-refractivity contribution in [3.8, 4) is 21.6 Å². The van der Waals surface area contributed by atoms with Crippen LogP contribution in [0.3, 0.4) is 0 Å². The number of aliphatic imine (C=N–C) groups is 1. The molecule has 1 aromatic heterocycles. The molecule has 3 aromatic rings. The zero-order valence-electron chi connectivity index (χ0n) is 10.6. The van der Waals surface area contributed by atoms with Crippen LogP contribution in [0.25, 0.3) is 21.6 Å². The number of thiophene rings is 1. The Morgan fingerprint density at radius 3 is 2.45 bits per heavy atom. The average molecular weight is 277 g/mol. The van der Waals surface area contributed by atoms with Gasteiger partial charge in [-0.2, -0.15) is 4.99 Å². The number of nitrogens with zero attached hydrogens (tertiary/aromatic N) is 1. The maximum absolute atomic E-state index is 10.7. The van der Waals surface area contributed by atoms with Gasteiger partial charge in [0.15, 0.2) is 0 Å². The summed E-state index contributed by atoms with van der Waals surface area (Å²) < 4.78 is 0. The largest absolute Gasteiger partial charge is 0.240 e. The molecule has 0 unspecified atom stereocenters. The van der Waals surface area contributed by atoms with Crippen LogP contribution in [0.4, 0.5) is 5.69 Å². The van der Waals surface area contributed by atoms with E-state index in [0.717, 1.165) is 21.6 Å². The molecule has 0 amide bonds. The van der Waals surface area contributed by atoms with Crippen LogP contribution in [0.5, 0.6) is 0 Å². The molecule has 3 heteroatoms. The third-order valence-corrected chi connectivity index (χ3v) is 3.95. The summed E-state index contributed by atoms with van der Waals surface area (Å²) >= 11 is 1.64. The van der Waals surface area contributed by atoms with Crippen LogP contribution < -0.4 is 0 Å². The molecule has 0 saturated carbocycles. The van der Waals surface area contributed by atoms with Gasteiger partial charge in [-0.05, 0) is 28.6 Å². The van der Waals surface area contributed by atoms with Gasteiger partial charge in [0.25, 0.3) is 0 Å². The van der Waals surface area contributed by atoms with Crippen LogP contribution in [0.15, 0.2) is 71.0 Å². The smallest absolute Gasteiger partial charge is 0.211 e. The fourth-order valence-corrected chi connectivity index (χ4v) is 3.01. The molecule has 0 radical (unpaired) electrons. The molecule has 2 nitrogen and oxygen atoms in total. The molecule has 0 saturated heterocycles. The molecule has 0 fully saturated rings. The summed E-state index contributed by atoms with van der Waals surface area (Å²) in [6, 6.07) is 19.9. The first-order chi connectivity index (χ1) is 9.90. The molecular formula is C17H11NOS. The summed E-state index contributed by atoms with van der Waals surface area (Å²) in [7, 11) is 0. The summed E-state index contributed by atoms with van der Waals surface area (Å²) in [5.74, 6) is 0. The molecule has 0 bridgehead atoms. The Labute approximate surface area is 121 Å². The zero-order valence-corrected chi connectivity index (χ0v) is 11.4. The third kappa shape index (κ3) is 2.32. The van der Waals surface area contributed by atoms with E-state index in [2.05, 4.69) is 17.1 Å². The normalized spacial score (nSPS) is 10.0. The maximum atomic E-state index is 10.7. The van der Waals surface area contributed by atoms with Gasteiger partial charge in [-0.25, -0.2) is 4.79 Å². The minimum atomic E-state index is 0.656. The van der Waals surface area contributed by atoms with Crippen molar-refractivity contribution < 1.29 is 4.79 Å². The minimum Gasteiger partial charge on any atom is -0.211 e. The van der Waals surface area contributed by atoms with Crippen LogP contribution in [0, 0.1) is 0 Å². The molecule has 0 aliphatic rings. The van der Waals surface area contributed by atoms with Gasteiger partial charge < -0.3 is 0 Å². The lowest BCUT2D eigenvalue weighted by molar-refractivity contribution is 0.565. The molecule has 2 aromatic carbocycles. The summed E-state index contributed by atoms with van der Waals surface area (Å²) in [5.41, 5.74) is 3.82. The van der Waals surface area contributed by atoms with E-state index >= 15 is 0 Å². The molecule has 0 atom stereocenters. The highest BCUT2D eigenvalue weighted by atomic mass is 32.1. The van der Waals surface area contributed by atoms with Gasteiger partial charge in [-0.3, -0.25) is 0 Å². The Morgan fingerprint density at radius 1 is 0.900 bits per heavy atom. The molecule has 0 N–H and O–H groups in total. The van der Waals surface area contributed by atoms with E-state index in [9.17, 15) is 4.79 Å². The van der Waals surface area contributed by atoms with Crippen molar-refractivity contribution in [1.82, 2.24) is 0 Å². The maximum Gasteiger partial charge on any atom is 0.240 e. The van der Waals surface area contributed by atoms with E-state index in [1.807, 2.05) is 53.9 Å². The second-order valence-electron chi connectivity index (χ2n) is 4.25. The molecule has 20 heavy (non-hydrogen) atoms. The zero-order chi connectivity index (χ0) is 13.8. The van der Waals surface area contributed by atoms with Gasteiger partial charge in [-0.1, -0.05) is 48.5 Å². The first-order valence-corrected chi connectivity index (χ1v) is 7.08. The summed E-state index contributed by atoms with van der Waals surface area (Å²) in [6.07, 6.45) is 1.64. The second-order valence-corrected chi connectivity index (χ2v) is 5.19. The average Bonchev–Trinajstić information content (AvgIpc) is 3.02. The van der Waals surface area contributed by atoms with Gasteiger partial charge in [0.05, 0.1) is 5.69 Å². The Kier molecular flexibility index (Phi) is 3.55. The lowest BCUT2D eigenvalue weighted by atomic mass is 9.97. The van der Waals surface area contributed by atoms with Gasteiger partial charge in [0.2, 0.25) is 6.08 Å². The van der Waals surface area contributed by atoms with E-state index in [4.69, 9.17) is 0 Å². The fraction of sp³-hybridized carbons (Fsp3) is 0. The van der Waals surface area contributed by atoms with E-state index in [1.54, 1.807) is 17.4 Å². The van der Waals surface area contributed by atoms with Gasteiger partial charge in [0, 0.05) is 10.4 Å². The van der Waals surface area contributed by atoms with Crippen molar-refractivity contribution >= 4 is 23.1 Å². The Hall–Kier alpha value is -2.48.